The topological polar surface area (TPSA) is 31.2 Å². The third kappa shape index (κ3) is 3.21. The normalized spacial score (nSPS) is 17.0. The molecule has 3 rings (SSSR count). The van der Waals surface area contributed by atoms with E-state index in [4.69, 9.17) is 21.6 Å². The third-order valence-corrected chi connectivity index (χ3v) is 4.16. The molecule has 24 heavy (non-hydrogen) atoms. The van der Waals surface area contributed by atoms with Crippen molar-refractivity contribution in [3.8, 4) is 0 Å². The third-order valence-electron chi connectivity index (χ3n) is 3.93. The van der Waals surface area contributed by atoms with Gasteiger partial charge in [0.25, 0.3) is 0 Å². The van der Waals surface area contributed by atoms with Crippen LogP contribution in [0, 0.1) is 0 Å². The molecular weight excluding hydrogens is 320 g/mol. The maximum absolute atomic E-state index is 6.26. The fourth-order valence-electron chi connectivity index (χ4n) is 2.73. The van der Waals surface area contributed by atoms with Crippen LogP contribution in [-0.2, 0) is 0 Å². The Hall–Kier alpha value is -2.17. The molecule has 1 atom stereocenters. The Morgan fingerprint density at radius 3 is 2.29 bits per heavy atom. The molecule has 2 aromatic rings. The highest BCUT2D eigenvalue weighted by Crippen LogP contribution is 2.30. The lowest BCUT2D eigenvalue weighted by molar-refractivity contribution is 0.350. The second-order valence-corrected chi connectivity index (χ2v) is 6.64. The van der Waals surface area contributed by atoms with Gasteiger partial charge in [0, 0.05) is 30.2 Å². The molecule has 0 fully saturated rings. The number of likely N-dealkylation sites (N-methyl/N-ethyl adjacent to an activating group) is 2. The van der Waals surface area contributed by atoms with Gasteiger partial charge in [0.15, 0.2) is 6.17 Å². The summed E-state index contributed by atoms with van der Waals surface area (Å²) in [6, 6.07) is 15.9. The van der Waals surface area contributed by atoms with Crippen molar-refractivity contribution in [3.63, 3.8) is 0 Å². The summed E-state index contributed by atoms with van der Waals surface area (Å²) < 4.78 is 0. The standard InChI is InChI=1S/C19H21ClN4/c1-23(2)18-19(24(3)4)22-17(13-8-6-5-7-9-13)15-12-14(20)10-11-16(15)21-18/h5-12,19H,1-4H3. The summed E-state index contributed by atoms with van der Waals surface area (Å²) in [6.45, 7) is 0. The van der Waals surface area contributed by atoms with E-state index in [0.29, 0.717) is 5.02 Å². The van der Waals surface area contributed by atoms with Gasteiger partial charge in [-0.15, -0.1) is 0 Å². The monoisotopic (exact) mass is 340 g/mol. The highest BCUT2D eigenvalue weighted by molar-refractivity contribution is 6.31. The van der Waals surface area contributed by atoms with Gasteiger partial charge >= 0.3 is 0 Å². The Kier molecular flexibility index (Phi) is 4.69. The average Bonchev–Trinajstić information content (AvgIpc) is 2.72. The van der Waals surface area contributed by atoms with Crippen molar-refractivity contribution >= 4 is 28.8 Å². The minimum Gasteiger partial charge on any atom is -0.363 e. The number of nitrogens with zero attached hydrogens (tertiary/aromatic N) is 4. The number of rotatable bonds is 2. The van der Waals surface area contributed by atoms with Crippen LogP contribution in [-0.4, -0.2) is 55.7 Å². The van der Waals surface area contributed by atoms with Crippen LogP contribution >= 0.6 is 11.6 Å². The molecule has 5 heteroatoms. The summed E-state index contributed by atoms with van der Waals surface area (Å²) in [5, 5.41) is 0.683. The largest absolute Gasteiger partial charge is 0.363 e. The Morgan fingerprint density at radius 2 is 1.67 bits per heavy atom. The zero-order valence-electron chi connectivity index (χ0n) is 14.4. The molecule has 0 bridgehead atoms. The van der Waals surface area contributed by atoms with Crippen LogP contribution in [0.5, 0.6) is 0 Å². The lowest BCUT2D eigenvalue weighted by atomic mass is 10.0. The number of fused-ring (bicyclic) bond motifs is 1. The van der Waals surface area contributed by atoms with Crippen LogP contribution in [0.1, 0.15) is 11.1 Å². The highest BCUT2D eigenvalue weighted by Gasteiger charge is 2.26. The first-order chi connectivity index (χ1) is 11.5. The van der Waals surface area contributed by atoms with Crippen molar-refractivity contribution in [2.75, 3.05) is 28.2 Å². The Balaban J connectivity index is 2.28. The molecule has 0 spiro atoms. The fraction of sp³-hybridized carbons (Fsp3) is 0.263. The van der Waals surface area contributed by atoms with E-state index in [-0.39, 0.29) is 6.17 Å². The van der Waals surface area contributed by atoms with Crippen molar-refractivity contribution in [3.05, 3.63) is 64.7 Å². The zero-order chi connectivity index (χ0) is 17.3. The van der Waals surface area contributed by atoms with E-state index in [1.54, 1.807) is 0 Å². The molecule has 2 aromatic carbocycles. The van der Waals surface area contributed by atoms with E-state index in [0.717, 1.165) is 28.4 Å². The van der Waals surface area contributed by atoms with E-state index in [2.05, 4.69) is 17.0 Å². The first-order valence-electron chi connectivity index (χ1n) is 7.83. The number of aliphatic imine (C=N–C) groups is 2. The first-order valence-corrected chi connectivity index (χ1v) is 8.20. The van der Waals surface area contributed by atoms with E-state index in [1.807, 2.05) is 69.5 Å². The van der Waals surface area contributed by atoms with Crippen LogP contribution < -0.4 is 0 Å². The predicted octanol–water partition coefficient (Wildman–Crippen LogP) is 3.67. The number of hydrogen-bond acceptors (Lipinski definition) is 4. The quantitative estimate of drug-likeness (QED) is 0.835. The zero-order valence-corrected chi connectivity index (χ0v) is 15.1. The molecule has 0 amide bonds. The molecule has 124 valence electrons. The molecule has 1 aliphatic rings. The summed E-state index contributed by atoms with van der Waals surface area (Å²) in [5.41, 5.74) is 3.81. The summed E-state index contributed by atoms with van der Waals surface area (Å²) in [5.74, 6) is 0.898. The smallest absolute Gasteiger partial charge is 0.160 e. The summed E-state index contributed by atoms with van der Waals surface area (Å²) in [7, 11) is 8.01. The Bertz CT molecular complexity index is 794. The van der Waals surface area contributed by atoms with Crippen molar-refractivity contribution in [1.82, 2.24) is 9.80 Å². The molecule has 1 aliphatic heterocycles. The van der Waals surface area contributed by atoms with Crippen LogP contribution in [0.25, 0.3) is 0 Å². The van der Waals surface area contributed by atoms with Crippen molar-refractivity contribution in [1.29, 1.82) is 0 Å². The van der Waals surface area contributed by atoms with E-state index in [1.165, 1.54) is 0 Å². The molecule has 0 N–H and O–H groups in total. The second-order valence-electron chi connectivity index (χ2n) is 6.21. The van der Waals surface area contributed by atoms with Crippen LogP contribution in [0.15, 0.2) is 58.5 Å². The molecule has 0 saturated carbocycles. The highest BCUT2D eigenvalue weighted by atomic mass is 35.5. The second kappa shape index (κ2) is 6.75. The van der Waals surface area contributed by atoms with Crippen LogP contribution in [0.4, 0.5) is 5.69 Å². The molecule has 0 saturated heterocycles. The molecule has 0 aliphatic carbocycles. The molecule has 1 unspecified atom stereocenters. The summed E-state index contributed by atoms with van der Waals surface area (Å²) in [4.78, 5) is 14.0. The van der Waals surface area contributed by atoms with Crippen LogP contribution in [0.3, 0.4) is 0 Å². The number of amidine groups is 1. The van der Waals surface area contributed by atoms with E-state index in [9.17, 15) is 0 Å². The average molecular weight is 341 g/mol. The van der Waals surface area contributed by atoms with Gasteiger partial charge in [-0.2, -0.15) is 0 Å². The van der Waals surface area contributed by atoms with Gasteiger partial charge in [-0.3, -0.25) is 9.89 Å². The maximum Gasteiger partial charge on any atom is 0.160 e. The number of hydrogen-bond donors (Lipinski definition) is 0. The molecule has 0 aromatic heterocycles. The SMILES string of the molecule is CN(C)C1=Nc2ccc(Cl)cc2C(c2ccccc2)=NC1N(C)C. The number of benzene rings is 2. The Morgan fingerprint density at radius 1 is 0.958 bits per heavy atom. The van der Waals surface area contributed by atoms with Crippen LogP contribution in [0.2, 0.25) is 5.02 Å². The maximum atomic E-state index is 6.26. The summed E-state index contributed by atoms with van der Waals surface area (Å²) >= 11 is 6.26. The first kappa shape index (κ1) is 16.7. The number of halogens is 1. The van der Waals surface area contributed by atoms with Gasteiger partial charge in [-0.05, 0) is 32.3 Å². The summed E-state index contributed by atoms with van der Waals surface area (Å²) in [6.07, 6.45) is -0.165. The van der Waals surface area contributed by atoms with E-state index >= 15 is 0 Å². The van der Waals surface area contributed by atoms with Gasteiger partial charge in [0.1, 0.15) is 5.84 Å². The lowest BCUT2D eigenvalue weighted by Crippen LogP contribution is -2.42. The van der Waals surface area contributed by atoms with Gasteiger partial charge in [0.05, 0.1) is 11.4 Å². The Labute approximate surface area is 148 Å². The fourth-order valence-corrected chi connectivity index (χ4v) is 2.90. The van der Waals surface area contributed by atoms with Crippen molar-refractivity contribution < 1.29 is 0 Å². The minimum atomic E-state index is -0.165. The molecule has 0 radical (unpaired) electrons. The molecule has 1 heterocycles. The van der Waals surface area contributed by atoms with Gasteiger partial charge in [-0.25, -0.2) is 4.99 Å². The van der Waals surface area contributed by atoms with Gasteiger partial charge in [-0.1, -0.05) is 41.9 Å². The predicted molar refractivity (Wildman–Crippen MR) is 102 cm³/mol. The molecular formula is C19H21ClN4. The van der Waals surface area contributed by atoms with Crippen molar-refractivity contribution in [2.45, 2.75) is 6.17 Å². The van der Waals surface area contributed by atoms with Gasteiger partial charge < -0.3 is 4.90 Å². The van der Waals surface area contributed by atoms with Crippen molar-refractivity contribution in [2.24, 2.45) is 9.98 Å². The lowest BCUT2D eigenvalue weighted by Gasteiger charge is -2.26. The van der Waals surface area contributed by atoms with Gasteiger partial charge in [0.2, 0.25) is 0 Å². The minimum absolute atomic E-state index is 0.165. The van der Waals surface area contributed by atoms with E-state index < -0.39 is 0 Å². The molecule has 4 nitrogen and oxygen atoms in total.